The highest BCUT2D eigenvalue weighted by molar-refractivity contribution is 7.89. The minimum absolute atomic E-state index is 0.00441. The molecule has 0 aromatic rings. The molecule has 0 aliphatic rings. The van der Waals surface area contributed by atoms with Crippen molar-refractivity contribution < 1.29 is 8.42 Å². The van der Waals surface area contributed by atoms with Crippen LogP contribution in [0.2, 0.25) is 0 Å². The lowest BCUT2D eigenvalue weighted by Gasteiger charge is -2.10. The van der Waals surface area contributed by atoms with Crippen molar-refractivity contribution in [2.75, 3.05) is 32.9 Å². The van der Waals surface area contributed by atoms with Gasteiger partial charge in [-0.3, -0.25) is 0 Å². The Labute approximate surface area is 111 Å². The van der Waals surface area contributed by atoms with E-state index in [1.54, 1.807) is 6.08 Å². The third-order valence-electron chi connectivity index (χ3n) is 2.14. The Bertz CT molecular complexity index is 393. The Morgan fingerprint density at radius 1 is 1.17 bits per heavy atom. The third kappa shape index (κ3) is 9.15. The van der Waals surface area contributed by atoms with Crippen molar-refractivity contribution in [2.24, 2.45) is 0 Å². The van der Waals surface area contributed by atoms with Gasteiger partial charge in [0.1, 0.15) is 0 Å². The predicted octanol–water partition coefficient (Wildman–Crippen LogP) is 1.55. The summed E-state index contributed by atoms with van der Waals surface area (Å²) in [5.41, 5.74) is 0.901. The first kappa shape index (κ1) is 17.1. The SMILES string of the molecule is C/C=C\C(=CCS(=O)(=O)NCCN(C)C)/C=C/C. The fraction of sp³-hybridized carbons (Fsp3) is 0.538. The molecule has 0 atom stereocenters. The van der Waals surface area contributed by atoms with E-state index >= 15 is 0 Å². The van der Waals surface area contributed by atoms with Gasteiger partial charge in [-0.25, -0.2) is 13.1 Å². The highest BCUT2D eigenvalue weighted by atomic mass is 32.2. The molecule has 0 aromatic carbocycles. The number of nitrogens with zero attached hydrogens (tertiary/aromatic N) is 1. The summed E-state index contributed by atoms with van der Waals surface area (Å²) in [6.07, 6.45) is 9.25. The molecule has 0 rings (SSSR count). The monoisotopic (exact) mass is 272 g/mol. The Balaban J connectivity index is 4.43. The average molecular weight is 272 g/mol. The largest absolute Gasteiger partial charge is 0.308 e. The zero-order valence-electron chi connectivity index (χ0n) is 11.7. The van der Waals surface area contributed by atoms with Crippen LogP contribution in [0.25, 0.3) is 0 Å². The summed E-state index contributed by atoms with van der Waals surface area (Å²) in [5, 5.41) is 0. The van der Waals surface area contributed by atoms with Crippen LogP contribution in [0.5, 0.6) is 0 Å². The molecule has 0 aromatic heterocycles. The number of rotatable bonds is 8. The van der Waals surface area contributed by atoms with E-state index < -0.39 is 10.0 Å². The van der Waals surface area contributed by atoms with Gasteiger partial charge in [0, 0.05) is 13.1 Å². The van der Waals surface area contributed by atoms with Gasteiger partial charge in [0.05, 0.1) is 5.75 Å². The molecule has 0 saturated carbocycles. The van der Waals surface area contributed by atoms with Crippen molar-refractivity contribution >= 4 is 10.0 Å². The molecule has 0 fully saturated rings. The molecule has 18 heavy (non-hydrogen) atoms. The van der Waals surface area contributed by atoms with Gasteiger partial charge in [0.2, 0.25) is 10.0 Å². The first-order chi connectivity index (χ1) is 8.41. The molecule has 0 saturated heterocycles. The van der Waals surface area contributed by atoms with Gasteiger partial charge in [-0.2, -0.15) is 0 Å². The number of likely N-dealkylation sites (N-methyl/N-ethyl adjacent to an activating group) is 1. The van der Waals surface area contributed by atoms with E-state index in [1.165, 1.54) is 0 Å². The molecular formula is C13H24N2O2S. The maximum atomic E-state index is 11.7. The van der Waals surface area contributed by atoms with Crippen molar-refractivity contribution in [1.82, 2.24) is 9.62 Å². The summed E-state index contributed by atoms with van der Waals surface area (Å²) in [7, 11) is 0.584. The van der Waals surface area contributed by atoms with Crippen LogP contribution in [0.3, 0.4) is 0 Å². The fourth-order valence-corrected chi connectivity index (χ4v) is 2.20. The second-order valence-corrected chi connectivity index (χ2v) is 6.03. The third-order valence-corrected chi connectivity index (χ3v) is 3.39. The van der Waals surface area contributed by atoms with E-state index in [0.717, 1.165) is 5.57 Å². The van der Waals surface area contributed by atoms with Gasteiger partial charge in [-0.15, -0.1) is 0 Å². The van der Waals surface area contributed by atoms with Crippen LogP contribution in [0.15, 0.2) is 36.0 Å². The topological polar surface area (TPSA) is 49.4 Å². The standard InChI is InChI=1S/C13H24N2O2S/c1-5-7-13(8-6-2)9-12-18(16,17)14-10-11-15(3)4/h5-9,14H,10-12H2,1-4H3/b7-5-,8-6+,13-9?. The summed E-state index contributed by atoms with van der Waals surface area (Å²) in [6, 6.07) is 0. The lowest BCUT2D eigenvalue weighted by molar-refractivity contribution is 0.412. The summed E-state index contributed by atoms with van der Waals surface area (Å²) >= 11 is 0. The zero-order valence-corrected chi connectivity index (χ0v) is 12.5. The van der Waals surface area contributed by atoms with Crippen molar-refractivity contribution in [2.45, 2.75) is 13.8 Å². The van der Waals surface area contributed by atoms with Crippen LogP contribution in [0.1, 0.15) is 13.8 Å². The Morgan fingerprint density at radius 3 is 2.17 bits per heavy atom. The highest BCUT2D eigenvalue weighted by Gasteiger charge is 2.07. The normalized spacial score (nSPS) is 14.2. The molecular weight excluding hydrogens is 248 g/mol. The van der Waals surface area contributed by atoms with Crippen LogP contribution in [-0.4, -0.2) is 46.3 Å². The number of nitrogens with one attached hydrogen (secondary N) is 1. The number of hydrogen-bond acceptors (Lipinski definition) is 3. The molecule has 0 aliphatic heterocycles. The van der Waals surface area contributed by atoms with Crippen LogP contribution in [0, 0.1) is 0 Å². The average Bonchev–Trinajstić information content (AvgIpc) is 2.26. The number of hydrogen-bond donors (Lipinski definition) is 1. The molecule has 0 unspecified atom stereocenters. The molecule has 4 nitrogen and oxygen atoms in total. The van der Waals surface area contributed by atoms with Crippen LogP contribution >= 0.6 is 0 Å². The van der Waals surface area contributed by atoms with E-state index in [-0.39, 0.29) is 5.75 Å². The predicted molar refractivity (Wildman–Crippen MR) is 78.1 cm³/mol. The van der Waals surface area contributed by atoms with E-state index in [9.17, 15) is 8.42 Å². The van der Waals surface area contributed by atoms with Crippen molar-refractivity contribution in [3.8, 4) is 0 Å². The number of allylic oxidation sites excluding steroid dienone is 5. The quantitative estimate of drug-likeness (QED) is 0.682. The smallest absolute Gasteiger partial charge is 0.215 e. The van der Waals surface area contributed by atoms with Gasteiger partial charge in [-0.05, 0) is 33.5 Å². The summed E-state index contributed by atoms with van der Waals surface area (Å²) in [4.78, 5) is 1.93. The molecule has 0 radical (unpaired) electrons. The maximum absolute atomic E-state index is 11.7. The van der Waals surface area contributed by atoms with Gasteiger partial charge < -0.3 is 4.90 Å². The fourth-order valence-electron chi connectivity index (χ4n) is 1.27. The van der Waals surface area contributed by atoms with Crippen molar-refractivity contribution in [3.05, 3.63) is 36.0 Å². The second-order valence-electron chi connectivity index (χ2n) is 4.18. The minimum atomic E-state index is -3.23. The van der Waals surface area contributed by atoms with E-state index in [4.69, 9.17) is 0 Å². The zero-order chi connectivity index (χ0) is 14.0. The second kappa shape index (κ2) is 9.08. The lowest BCUT2D eigenvalue weighted by atomic mass is 10.2. The lowest BCUT2D eigenvalue weighted by Crippen LogP contribution is -2.32. The number of sulfonamides is 1. The van der Waals surface area contributed by atoms with E-state index in [1.807, 2.05) is 57.1 Å². The van der Waals surface area contributed by atoms with Crippen molar-refractivity contribution in [1.29, 1.82) is 0 Å². The highest BCUT2D eigenvalue weighted by Crippen LogP contribution is 2.01. The molecule has 0 spiro atoms. The summed E-state index contributed by atoms with van der Waals surface area (Å²) in [6.45, 7) is 4.94. The molecule has 1 N–H and O–H groups in total. The summed E-state index contributed by atoms with van der Waals surface area (Å²) < 4.78 is 26.0. The Hall–Kier alpha value is -0.910. The Kier molecular flexibility index (Phi) is 8.62. The minimum Gasteiger partial charge on any atom is -0.308 e. The van der Waals surface area contributed by atoms with Gasteiger partial charge in [-0.1, -0.05) is 30.4 Å². The molecule has 5 heteroatoms. The Morgan fingerprint density at radius 2 is 1.72 bits per heavy atom. The van der Waals surface area contributed by atoms with Gasteiger partial charge >= 0.3 is 0 Å². The first-order valence-corrected chi connectivity index (χ1v) is 7.64. The molecule has 0 heterocycles. The van der Waals surface area contributed by atoms with E-state index in [2.05, 4.69) is 4.72 Å². The van der Waals surface area contributed by atoms with Crippen LogP contribution < -0.4 is 4.72 Å². The van der Waals surface area contributed by atoms with Crippen LogP contribution in [-0.2, 0) is 10.0 Å². The van der Waals surface area contributed by atoms with Crippen molar-refractivity contribution in [3.63, 3.8) is 0 Å². The van der Waals surface area contributed by atoms with Gasteiger partial charge in [0.15, 0.2) is 0 Å². The molecule has 0 aliphatic carbocycles. The summed E-state index contributed by atoms with van der Waals surface area (Å²) in [5.74, 6) is 0.00441. The maximum Gasteiger partial charge on any atom is 0.215 e. The van der Waals surface area contributed by atoms with E-state index in [0.29, 0.717) is 13.1 Å². The van der Waals surface area contributed by atoms with Gasteiger partial charge in [0.25, 0.3) is 0 Å². The molecule has 0 amide bonds. The molecule has 0 bridgehead atoms. The first-order valence-electron chi connectivity index (χ1n) is 5.99. The molecule has 104 valence electrons. The van der Waals surface area contributed by atoms with Crippen LogP contribution in [0.4, 0.5) is 0 Å².